The lowest BCUT2D eigenvalue weighted by atomic mass is 9.43. The van der Waals surface area contributed by atoms with Gasteiger partial charge in [-0.05, 0) is 115 Å². The molecule has 0 saturated heterocycles. The molecule has 0 spiro atoms. The Hall–Kier alpha value is -0.0400. The van der Waals surface area contributed by atoms with Crippen LogP contribution in [0.2, 0.25) is 0 Å². The molecular weight excluding hydrogens is 364 g/mol. The molecule has 4 fully saturated rings. The Morgan fingerprint density at radius 3 is 2.10 bits per heavy atom. The summed E-state index contributed by atoms with van der Waals surface area (Å²) in [5, 5.41) is 10.5. The molecule has 0 heterocycles. The van der Waals surface area contributed by atoms with Gasteiger partial charge in [-0.25, -0.2) is 0 Å². The maximum Gasteiger partial charge on any atom is 0.0568 e. The molecular formula is C29H52O. The van der Waals surface area contributed by atoms with Gasteiger partial charge in [-0.15, -0.1) is 0 Å². The normalized spacial score (nSPS) is 50.5. The minimum atomic E-state index is -0.0431. The van der Waals surface area contributed by atoms with Gasteiger partial charge < -0.3 is 5.11 Å². The van der Waals surface area contributed by atoms with Crippen LogP contribution in [0.1, 0.15) is 113 Å². The third kappa shape index (κ3) is 3.62. The lowest BCUT2D eigenvalue weighted by Crippen LogP contribution is -2.56. The fourth-order valence-corrected chi connectivity index (χ4v) is 9.75. The van der Waals surface area contributed by atoms with Crippen molar-refractivity contribution < 1.29 is 5.11 Å². The number of rotatable bonds is 5. The Balaban J connectivity index is 1.47. The van der Waals surface area contributed by atoms with Crippen molar-refractivity contribution in [3.8, 4) is 0 Å². The van der Waals surface area contributed by atoms with Crippen LogP contribution in [0.4, 0.5) is 0 Å². The van der Waals surface area contributed by atoms with Gasteiger partial charge in [0.15, 0.2) is 0 Å². The highest BCUT2D eigenvalue weighted by Crippen LogP contribution is 2.68. The summed E-state index contributed by atoms with van der Waals surface area (Å²) in [5.41, 5.74) is 1.10. The molecule has 30 heavy (non-hydrogen) atoms. The molecule has 0 aromatic carbocycles. The third-order valence-corrected chi connectivity index (χ3v) is 12.1. The van der Waals surface area contributed by atoms with E-state index < -0.39 is 0 Å². The fraction of sp³-hybridized carbons (Fsp3) is 1.00. The molecule has 4 aliphatic carbocycles. The van der Waals surface area contributed by atoms with Crippen molar-refractivity contribution in [1.82, 2.24) is 0 Å². The topological polar surface area (TPSA) is 20.2 Å². The van der Waals surface area contributed by atoms with Gasteiger partial charge in [0, 0.05) is 0 Å². The number of hydrogen-bond acceptors (Lipinski definition) is 1. The van der Waals surface area contributed by atoms with E-state index in [0.717, 1.165) is 53.8 Å². The molecule has 0 aromatic heterocycles. The first-order chi connectivity index (χ1) is 14.1. The van der Waals surface area contributed by atoms with Crippen molar-refractivity contribution in [1.29, 1.82) is 0 Å². The highest BCUT2D eigenvalue weighted by atomic mass is 16.3. The molecule has 0 amide bonds. The van der Waals surface area contributed by atoms with Crippen LogP contribution in [0.25, 0.3) is 0 Å². The van der Waals surface area contributed by atoms with Gasteiger partial charge in [0.2, 0.25) is 0 Å². The van der Waals surface area contributed by atoms with Crippen molar-refractivity contribution >= 4 is 0 Å². The number of fused-ring (bicyclic) bond motifs is 5. The second-order valence-electron chi connectivity index (χ2n) is 13.5. The molecule has 174 valence electrons. The molecule has 0 aromatic rings. The van der Waals surface area contributed by atoms with Gasteiger partial charge in [0.25, 0.3) is 0 Å². The van der Waals surface area contributed by atoms with E-state index in [1.807, 2.05) is 0 Å². The molecule has 0 radical (unpaired) electrons. The Labute approximate surface area is 188 Å². The first kappa shape index (κ1) is 23.1. The largest absolute Gasteiger partial charge is 0.393 e. The summed E-state index contributed by atoms with van der Waals surface area (Å²) in [6, 6.07) is 0. The van der Waals surface area contributed by atoms with Crippen molar-refractivity contribution in [2.45, 2.75) is 119 Å². The van der Waals surface area contributed by atoms with Crippen LogP contribution < -0.4 is 0 Å². The SMILES string of the molecule is CC(C)[C@H](C)CC[C@@H](C)[C@H]1CC[C@H]2[C@H]3CC[C@@H]4[C@H](C)[C@@H](O)CC[C@]4(C)[C@@H]3CC[C@]12C. The van der Waals surface area contributed by atoms with E-state index in [0.29, 0.717) is 16.7 Å². The number of hydrogen-bond donors (Lipinski definition) is 1. The summed E-state index contributed by atoms with van der Waals surface area (Å²) in [7, 11) is 0. The molecule has 4 rings (SSSR count). The van der Waals surface area contributed by atoms with E-state index in [1.165, 1.54) is 57.8 Å². The number of aliphatic hydroxyl groups excluding tert-OH is 1. The molecule has 4 saturated carbocycles. The first-order valence-corrected chi connectivity index (χ1v) is 13.8. The highest BCUT2D eigenvalue weighted by molar-refractivity contribution is 5.10. The van der Waals surface area contributed by atoms with Crippen LogP contribution in [-0.4, -0.2) is 11.2 Å². The molecule has 1 nitrogen and oxygen atoms in total. The lowest BCUT2D eigenvalue weighted by Gasteiger charge is -2.62. The van der Waals surface area contributed by atoms with Crippen LogP contribution >= 0.6 is 0 Å². The summed E-state index contributed by atoms with van der Waals surface area (Å²) >= 11 is 0. The molecule has 0 bridgehead atoms. The Kier molecular flexibility index (Phi) is 6.47. The third-order valence-electron chi connectivity index (χ3n) is 12.1. The smallest absolute Gasteiger partial charge is 0.0568 e. The van der Waals surface area contributed by atoms with E-state index in [2.05, 4.69) is 48.5 Å². The lowest BCUT2D eigenvalue weighted by molar-refractivity contribution is -0.149. The average molecular weight is 417 g/mol. The maximum atomic E-state index is 10.5. The predicted molar refractivity (Wildman–Crippen MR) is 128 cm³/mol. The maximum absolute atomic E-state index is 10.5. The van der Waals surface area contributed by atoms with Crippen LogP contribution in [0.5, 0.6) is 0 Å². The zero-order valence-electron chi connectivity index (χ0n) is 21.3. The zero-order chi connectivity index (χ0) is 21.8. The molecule has 1 heteroatoms. The quantitative estimate of drug-likeness (QED) is 0.482. The summed E-state index contributed by atoms with van der Waals surface area (Å²) < 4.78 is 0. The fourth-order valence-electron chi connectivity index (χ4n) is 9.75. The minimum absolute atomic E-state index is 0.0431. The van der Waals surface area contributed by atoms with Crippen molar-refractivity contribution in [2.75, 3.05) is 0 Å². The van der Waals surface area contributed by atoms with E-state index in [1.54, 1.807) is 0 Å². The van der Waals surface area contributed by atoms with E-state index in [-0.39, 0.29) is 6.10 Å². The van der Waals surface area contributed by atoms with Crippen LogP contribution in [0.15, 0.2) is 0 Å². The summed E-state index contributed by atoms with van der Waals surface area (Å²) in [6.07, 6.45) is 13.9. The Morgan fingerprint density at radius 2 is 1.40 bits per heavy atom. The second-order valence-corrected chi connectivity index (χ2v) is 13.5. The molecule has 0 aliphatic heterocycles. The van der Waals surface area contributed by atoms with Crippen LogP contribution in [0.3, 0.4) is 0 Å². The van der Waals surface area contributed by atoms with E-state index in [4.69, 9.17) is 0 Å². The van der Waals surface area contributed by atoms with Crippen molar-refractivity contribution in [2.24, 2.45) is 64.1 Å². The number of aliphatic hydroxyl groups is 1. The molecule has 11 atom stereocenters. The van der Waals surface area contributed by atoms with Gasteiger partial charge in [0.05, 0.1) is 6.10 Å². The van der Waals surface area contributed by atoms with Crippen LogP contribution in [-0.2, 0) is 0 Å². The van der Waals surface area contributed by atoms with Gasteiger partial charge in [-0.1, -0.05) is 61.3 Å². The first-order valence-electron chi connectivity index (χ1n) is 13.8. The van der Waals surface area contributed by atoms with Gasteiger partial charge in [-0.2, -0.15) is 0 Å². The van der Waals surface area contributed by atoms with E-state index in [9.17, 15) is 5.11 Å². The zero-order valence-corrected chi connectivity index (χ0v) is 21.3. The minimum Gasteiger partial charge on any atom is -0.393 e. The standard InChI is InChI=1S/C29H52O/c1-18(2)19(3)8-9-20(4)23-12-13-25-22-10-11-24-21(5)27(30)15-17-29(24,7)26(22)14-16-28(23,25)6/h18-27,30H,8-17H2,1-7H3/t19-,20-,21+,22-,23-,24-,25+,26-,27+,28-,29+/m1/s1. The van der Waals surface area contributed by atoms with Crippen molar-refractivity contribution in [3.05, 3.63) is 0 Å². The molecule has 0 unspecified atom stereocenters. The Morgan fingerprint density at radius 1 is 0.767 bits per heavy atom. The van der Waals surface area contributed by atoms with Gasteiger partial charge in [-0.3, -0.25) is 0 Å². The Bertz CT molecular complexity index is 597. The average Bonchev–Trinajstić information content (AvgIpc) is 3.06. The monoisotopic (exact) mass is 416 g/mol. The van der Waals surface area contributed by atoms with Crippen LogP contribution in [0, 0.1) is 64.1 Å². The summed E-state index contributed by atoms with van der Waals surface area (Å²) in [5.74, 6) is 7.70. The predicted octanol–water partition coefficient (Wildman–Crippen LogP) is 7.96. The second kappa shape index (κ2) is 8.39. The molecule has 1 N–H and O–H groups in total. The van der Waals surface area contributed by atoms with Crippen molar-refractivity contribution in [3.63, 3.8) is 0 Å². The highest BCUT2D eigenvalue weighted by Gasteiger charge is 2.61. The van der Waals surface area contributed by atoms with Gasteiger partial charge in [0.1, 0.15) is 0 Å². The molecule has 4 aliphatic rings. The van der Waals surface area contributed by atoms with E-state index >= 15 is 0 Å². The summed E-state index contributed by atoms with van der Waals surface area (Å²) in [4.78, 5) is 0. The summed E-state index contributed by atoms with van der Waals surface area (Å²) in [6.45, 7) is 17.6. The van der Waals surface area contributed by atoms with Gasteiger partial charge >= 0.3 is 0 Å².